The van der Waals surface area contributed by atoms with Crippen molar-refractivity contribution in [3.8, 4) is 11.5 Å². The fourth-order valence-corrected chi connectivity index (χ4v) is 3.13. The number of carbonyl (C=O) groups is 2. The first-order valence-corrected chi connectivity index (χ1v) is 10.3. The van der Waals surface area contributed by atoms with Crippen molar-refractivity contribution in [2.45, 2.75) is 45.4 Å². The monoisotopic (exact) mass is 448 g/mol. The Morgan fingerprint density at radius 2 is 1.57 bits per heavy atom. The Morgan fingerprint density at radius 1 is 0.929 bits per heavy atom. The van der Waals surface area contributed by atoms with Crippen LogP contribution in [-0.2, 0) is 0 Å². The molecule has 0 spiro atoms. The topological polar surface area (TPSA) is 72.8 Å². The molecular weight excluding hydrogens is 424 g/mol. The quantitative estimate of drug-likeness (QED) is 0.255. The highest BCUT2D eigenvalue weighted by Gasteiger charge is 2.12. The van der Waals surface area contributed by atoms with E-state index < -0.39 is 11.9 Å². The zero-order valence-corrected chi connectivity index (χ0v) is 17.5. The molecule has 0 aliphatic carbocycles. The highest BCUT2D eigenvalue weighted by molar-refractivity contribution is 9.10. The van der Waals surface area contributed by atoms with Gasteiger partial charge >= 0.3 is 11.9 Å². The van der Waals surface area contributed by atoms with Gasteiger partial charge in [0.15, 0.2) is 0 Å². The van der Waals surface area contributed by atoms with Crippen LogP contribution in [0.15, 0.2) is 46.9 Å². The van der Waals surface area contributed by atoms with Crippen LogP contribution in [0.4, 0.5) is 0 Å². The Morgan fingerprint density at radius 3 is 2.21 bits per heavy atom. The van der Waals surface area contributed by atoms with Crippen LogP contribution in [0.3, 0.4) is 0 Å². The summed E-state index contributed by atoms with van der Waals surface area (Å²) >= 11 is 3.43. The maximum Gasteiger partial charge on any atom is 0.343 e. The van der Waals surface area contributed by atoms with Crippen LogP contribution >= 0.6 is 15.9 Å². The molecule has 2 aromatic carbocycles. The molecule has 28 heavy (non-hydrogen) atoms. The highest BCUT2D eigenvalue weighted by Crippen LogP contribution is 2.27. The Hall–Kier alpha value is -2.34. The number of unbranched alkanes of at least 4 members (excludes halogenated alkanes) is 5. The number of hydrogen-bond donors (Lipinski definition) is 1. The van der Waals surface area contributed by atoms with E-state index in [4.69, 9.17) is 14.6 Å². The van der Waals surface area contributed by atoms with Crippen molar-refractivity contribution in [3.05, 3.63) is 58.1 Å². The van der Waals surface area contributed by atoms with Gasteiger partial charge in [-0.1, -0.05) is 39.0 Å². The first-order valence-electron chi connectivity index (χ1n) is 9.49. The fraction of sp³-hybridized carbons (Fsp3) is 0.364. The van der Waals surface area contributed by atoms with Crippen LogP contribution < -0.4 is 9.47 Å². The minimum atomic E-state index is -1.03. The zero-order chi connectivity index (χ0) is 20.4. The second-order valence-corrected chi connectivity index (χ2v) is 7.33. The van der Waals surface area contributed by atoms with Gasteiger partial charge in [-0.2, -0.15) is 0 Å². The van der Waals surface area contributed by atoms with Crippen molar-refractivity contribution in [1.82, 2.24) is 0 Å². The van der Waals surface area contributed by atoms with Gasteiger partial charge in [0.05, 0.1) is 22.2 Å². The van der Waals surface area contributed by atoms with Gasteiger partial charge in [-0.05, 0) is 64.8 Å². The van der Waals surface area contributed by atoms with Gasteiger partial charge in [0.25, 0.3) is 0 Å². The molecule has 0 saturated carbocycles. The standard InChI is InChI=1S/C22H25BrO5/c1-2-3-4-5-6-7-14-27-20-13-10-17(15-19(20)23)22(26)28-18-11-8-16(9-12-18)21(24)25/h8-13,15H,2-7,14H2,1H3,(H,24,25). The number of aromatic carboxylic acids is 1. The molecule has 0 atom stereocenters. The predicted molar refractivity (Wildman–Crippen MR) is 111 cm³/mol. The summed E-state index contributed by atoms with van der Waals surface area (Å²) in [7, 11) is 0. The van der Waals surface area contributed by atoms with Crippen molar-refractivity contribution in [1.29, 1.82) is 0 Å². The molecule has 0 bridgehead atoms. The number of carboxylic acid groups (broad SMARTS) is 1. The summed E-state index contributed by atoms with van der Waals surface area (Å²) in [6, 6.07) is 10.7. The number of esters is 1. The van der Waals surface area contributed by atoms with Crippen LogP contribution in [0.5, 0.6) is 11.5 Å². The molecule has 0 saturated heterocycles. The lowest BCUT2D eigenvalue weighted by Crippen LogP contribution is -2.09. The summed E-state index contributed by atoms with van der Waals surface area (Å²) in [4.78, 5) is 23.1. The largest absolute Gasteiger partial charge is 0.492 e. The van der Waals surface area contributed by atoms with E-state index in [1.165, 1.54) is 49.9 Å². The lowest BCUT2D eigenvalue weighted by molar-refractivity contribution is 0.0696. The van der Waals surface area contributed by atoms with E-state index in [0.717, 1.165) is 12.8 Å². The average Bonchev–Trinajstić information content (AvgIpc) is 2.68. The van der Waals surface area contributed by atoms with E-state index in [0.29, 0.717) is 22.4 Å². The van der Waals surface area contributed by atoms with Crippen molar-refractivity contribution in [2.24, 2.45) is 0 Å². The van der Waals surface area contributed by atoms with Gasteiger partial charge in [-0.3, -0.25) is 0 Å². The van der Waals surface area contributed by atoms with Crippen LogP contribution in [0.25, 0.3) is 0 Å². The first kappa shape index (κ1) is 22.0. The summed E-state index contributed by atoms with van der Waals surface area (Å²) in [6.45, 7) is 2.85. The fourth-order valence-electron chi connectivity index (χ4n) is 2.64. The summed E-state index contributed by atoms with van der Waals surface area (Å²) in [5, 5.41) is 8.89. The molecule has 0 aromatic heterocycles. The third-order valence-electron chi connectivity index (χ3n) is 4.23. The third-order valence-corrected chi connectivity index (χ3v) is 4.85. The van der Waals surface area contributed by atoms with E-state index in [9.17, 15) is 9.59 Å². The minimum Gasteiger partial charge on any atom is -0.492 e. The van der Waals surface area contributed by atoms with E-state index in [2.05, 4.69) is 22.9 Å². The van der Waals surface area contributed by atoms with E-state index in [-0.39, 0.29) is 11.3 Å². The van der Waals surface area contributed by atoms with Gasteiger partial charge in [-0.15, -0.1) is 0 Å². The molecule has 1 N–H and O–H groups in total. The van der Waals surface area contributed by atoms with Crippen molar-refractivity contribution in [3.63, 3.8) is 0 Å². The van der Waals surface area contributed by atoms with Crippen LogP contribution in [0.2, 0.25) is 0 Å². The van der Waals surface area contributed by atoms with E-state index in [1.54, 1.807) is 18.2 Å². The maximum atomic E-state index is 12.3. The molecule has 0 fully saturated rings. The highest BCUT2D eigenvalue weighted by atomic mass is 79.9. The molecule has 0 aliphatic rings. The number of carboxylic acids is 1. The van der Waals surface area contributed by atoms with Crippen LogP contribution in [0, 0.1) is 0 Å². The molecule has 0 radical (unpaired) electrons. The lowest BCUT2D eigenvalue weighted by Gasteiger charge is -2.10. The molecule has 2 aromatic rings. The van der Waals surface area contributed by atoms with Gasteiger partial charge in [-0.25, -0.2) is 9.59 Å². The van der Waals surface area contributed by atoms with Crippen molar-refractivity contribution in [2.75, 3.05) is 6.61 Å². The lowest BCUT2D eigenvalue weighted by atomic mass is 10.1. The molecule has 0 amide bonds. The maximum absolute atomic E-state index is 12.3. The molecule has 0 unspecified atom stereocenters. The molecule has 0 heterocycles. The normalized spacial score (nSPS) is 10.5. The minimum absolute atomic E-state index is 0.134. The van der Waals surface area contributed by atoms with E-state index >= 15 is 0 Å². The number of benzene rings is 2. The summed E-state index contributed by atoms with van der Waals surface area (Å²) in [5.41, 5.74) is 0.510. The number of hydrogen-bond acceptors (Lipinski definition) is 4. The summed E-state index contributed by atoms with van der Waals surface area (Å²) < 4.78 is 11.7. The average molecular weight is 449 g/mol. The van der Waals surface area contributed by atoms with Crippen LogP contribution in [-0.4, -0.2) is 23.7 Å². The molecule has 0 aliphatic heterocycles. The smallest absolute Gasteiger partial charge is 0.343 e. The summed E-state index contributed by atoms with van der Waals surface area (Å²) in [5.74, 6) is -0.574. The van der Waals surface area contributed by atoms with Crippen LogP contribution in [0.1, 0.15) is 66.2 Å². The third kappa shape index (κ3) is 7.00. The molecule has 2 rings (SSSR count). The Bertz CT molecular complexity index is 786. The van der Waals surface area contributed by atoms with E-state index in [1.807, 2.05) is 0 Å². The van der Waals surface area contributed by atoms with Gasteiger partial charge in [0, 0.05) is 0 Å². The second-order valence-electron chi connectivity index (χ2n) is 6.48. The zero-order valence-electron chi connectivity index (χ0n) is 15.9. The Balaban J connectivity index is 1.85. The van der Waals surface area contributed by atoms with Gasteiger partial charge in [0.2, 0.25) is 0 Å². The summed E-state index contributed by atoms with van der Waals surface area (Å²) in [6.07, 6.45) is 7.20. The van der Waals surface area contributed by atoms with Gasteiger partial charge in [0.1, 0.15) is 11.5 Å². The Kier molecular flexibility index (Phi) is 9.01. The molecule has 150 valence electrons. The van der Waals surface area contributed by atoms with Crippen molar-refractivity contribution < 1.29 is 24.2 Å². The SMILES string of the molecule is CCCCCCCCOc1ccc(C(=O)Oc2ccc(C(=O)O)cc2)cc1Br. The molecule has 5 nitrogen and oxygen atoms in total. The van der Waals surface area contributed by atoms with Gasteiger partial charge < -0.3 is 14.6 Å². The Labute approximate surface area is 173 Å². The molecule has 6 heteroatoms. The second kappa shape index (κ2) is 11.5. The number of carbonyl (C=O) groups excluding carboxylic acids is 1. The van der Waals surface area contributed by atoms with Crippen molar-refractivity contribution >= 4 is 27.9 Å². The predicted octanol–water partition coefficient (Wildman–Crippen LogP) is 6.11. The number of rotatable bonds is 11. The number of ether oxygens (including phenoxy) is 2. The first-order chi connectivity index (χ1) is 13.5. The molecular formula is C22H25BrO5. The number of halogens is 1.